The first-order valence-electron chi connectivity index (χ1n) is 8.60. The minimum absolute atomic E-state index is 0.408. The van der Waals surface area contributed by atoms with Crippen LogP contribution < -0.4 is 14.8 Å². The number of benzene rings is 3. The van der Waals surface area contributed by atoms with Crippen molar-refractivity contribution in [1.82, 2.24) is 0 Å². The molecule has 3 aromatic rings. The fraction of sp³-hybridized carbons (Fsp3) is 0.182. The fourth-order valence-electron chi connectivity index (χ4n) is 2.71. The van der Waals surface area contributed by atoms with Gasteiger partial charge in [0.05, 0.1) is 7.11 Å². The normalized spacial score (nSPS) is 10.5. The summed E-state index contributed by atoms with van der Waals surface area (Å²) < 4.78 is 12.6. The number of hydrogen-bond donors (Lipinski definition) is 1. The lowest BCUT2D eigenvalue weighted by atomic mass is 10.1. The first-order valence-corrected chi connectivity index (χ1v) is 9.77. The molecule has 3 aromatic carbocycles. The molecule has 3 nitrogen and oxygen atoms in total. The van der Waals surface area contributed by atoms with E-state index in [9.17, 15) is 0 Å². The van der Waals surface area contributed by atoms with Crippen molar-refractivity contribution in [2.24, 2.45) is 0 Å². The molecule has 1 N–H and O–H groups in total. The van der Waals surface area contributed by atoms with Crippen LogP contribution in [0.25, 0.3) is 0 Å². The molecule has 27 heavy (non-hydrogen) atoms. The highest BCUT2D eigenvalue weighted by molar-refractivity contribution is 9.10. The van der Waals surface area contributed by atoms with Gasteiger partial charge in [0.15, 0.2) is 11.5 Å². The van der Waals surface area contributed by atoms with Gasteiger partial charge in [-0.25, -0.2) is 0 Å². The molecule has 0 amide bonds. The van der Waals surface area contributed by atoms with Gasteiger partial charge in [0, 0.05) is 27.3 Å². The quantitative estimate of drug-likeness (QED) is 0.443. The molecular formula is C22H21BrClNO2. The van der Waals surface area contributed by atoms with Crippen LogP contribution in [-0.2, 0) is 13.2 Å². The molecule has 0 saturated heterocycles. The van der Waals surface area contributed by atoms with E-state index in [4.69, 9.17) is 21.1 Å². The minimum atomic E-state index is 0.408. The molecule has 0 unspecified atom stereocenters. The van der Waals surface area contributed by atoms with Gasteiger partial charge in [-0.15, -0.1) is 0 Å². The van der Waals surface area contributed by atoms with Crippen LogP contribution in [0, 0.1) is 6.92 Å². The monoisotopic (exact) mass is 445 g/mol. The number of ether oxygens (including phenoxy) is 2. The average Bonchev–Trinajstić information content (AvgIpc) is 2.67. The van der Waals surface area contributed by atoms with E-state index in [0.717, 1.165) is 21.3 Å². The predicted molar refractivity (Wildman–Crippen MR) is 115 cm³/mol. The maximum Gasteiger partial charge on any atom is 0.167 e. The summed E-state index contributed by atoms with van der Waals surface area (Å²) in [6.07, 6.45) is 0. The molecule has 0 aliphatic carbocycles. The van der Waals surface area contributed by atoms with Gasteiger partial charge in [-0.2, -0.15) is 0 Å². The average molecular weight is 447 g/mol. The van der Waals surface area contributed by atoms with Gasteiger partial charge in [-0.1, -0.05) is 57.4 Å². The molecule has 0 fully saturated rings. The number of halogens is 2. The fourth-order valence-corrected chi connectivity index (χ4v) is 3.38. The highest BCUT2D eigenvalue weighted by Crippen LogP contribution is 2.37. The Morgan fingerprint density at radius 1 is 1.04 bits per heavy atom. The Morgan fingerprint density at radius 3 is 2.52 bits per heavy atom. The molecular weight excluding hydrogens is 426 g/mol. The third-order valence-electron chi connectivity index (χ3n) is 4.18. The Morgan fingerprint density at radius 2 is 1.81 bits per heavy atom. The second-order valence-electron chi connectivity index (χ2n) is 6.20. The SMILES string of the molecule is COc1ccc(Br)c(CNc2ccc(C)cc2)c1OCc1cccc(Cl)c1. The van der Waals surface area contributed by atoms with E-state index in [1.165, 1.54) is 5.56 Å². The van der Waals surface area contributed by atoms with E-state index >= 15 is 0 Å². The molecule has 3 rings (SSSR count). The van der Waals surface area contributed by atoms with Gasteiger partial charge < -0.3 is 14.8 Å². The summed E-state index contributed by atoms with van der Waals surface area (Å²) in [6, 6.07) is 19.8. The van der Waals surface area contributed by atoms with Crippen molar-refractivity contribution in [3.8, 4) is 11.5 Å². The first-order chi connectivity index (χ1) is 13.1. The van der Waals surface area contributed by atoms with Crippen LogP contribution in [0.1, 0.15) is 16.7 Å². The topological polar surface area (TPSA) is 30.5 Å². The summed E-state index contributed by atoms with van der Waals surface area (Å²) in [5.41, 5.74) is 4.28. The van der Waals surface area contributed by atoms with E-state index in [1.807, 2.05) is 36.4 Å². The summed E-state index contributed by atoms with van der Waals surface area (Å²) in [5, 5.41) is 4.13. The molecule has 0 saturated carbocycles. The molecule has 0 radical (unpaired) electrons. The lowest BCUT2D eigenvalue weighted by Gasteiger charge is -2.18. The van der Waals surface area contributed by atoms with Gasteiger partial charge in [-0.3, -0.25) is 0 Å². The first kappa shape index (κ1) is 19.6. The van der Waals surface area contributed by atoms with Crippen molar-refractivity contribution in [2.75, 3.05) is 12.4 Å². The van der Waals surface area contributed by atoms with E-state index < -0.39 is 0 Å². The standard InChI is InChI=1S/C22H21BrClNO2/c1-15-6-8-18(9-7-15)25-13-19-20(23)10-11-21(26-2)22(19)27-14-16-4-3-5-17(24)12-16/h3-12,25H,13-14H2,1-2H3. The van der Waals surface area contributed by atoms with Crippen LogP contribution in [0.3, 0.4) is 0 Å². The van der Waals surface area contributed by atoms with Crippen molar-refractivity contribution in [3.63, 3.8) is 0 Å². The van der Waals surface area contributed by atoms with Crippen LogP contribution in [0.5, 0.6) is 11.5 Å². The highest BCUT2D eigenvalue weighted by atomic mass is 79.9. The number of rotatable bonds is 7. The van der Waals surface area contributed by atoms with Crippen LogP contribution in [-0.4, -0.2) is 7.11 Å². The second kappa shape index (κ2) is 9.16. The zero-order chi connectivity index (χ0) is 19.2. The number of aryl methyl sites for hydroxylation is 1. The van der Waals surface area contributed by atoms with Crippen LogP contribution >= 0.6 is 27.5 Å². The molecule has 0 atom stereocenters. The summed E-state index contributed by atoms with van der Waals surface area (Å²) in [7, 11) is 1.65. The maximum atomic E-state index is 6.13. The number of methoxy groups -OCH3 is 1. The van der Waals surface area contributed by atoms with Crippen molar-refractivity contribution in [2.45, 2.75) is 20.1 Å². The summed E-state index contributed by atoms with van der Waals surface area (Å²) in [4.78, 5) is 0. The maximum absolute atomic E-state index is 6.13. The third-order valence-corrected chi connectivity index (χ3v) is 5.16. The molecule has 0 heterocycles. The van der Waals surface area contributed by atoms with Crippen molar-refractivity contribution in [3.05, 3.63) is 86.8 Å². The minimum Gasteiger partial charge on any atom is -0.493 e. The van der Waals surface area contributed by atoms with Crippen LogP contribution in [0.15, 0.2) is 65.1 Å². The van der Waals surface area contributed by atoms with Crippen LogP contribution in [0.4, 0.5) is 5.69 Å². The van der Waals surface area contributed by atoms with E-state index in [-0.39, 0.29) is 0 Å². The Labute approximate surface area is 173 Å². The highest BCUT2D eigenvalue weighted by Gasteiger charge is 2.15. The zero-order valence-corrected chi connectivity index (χ0v) is 17.6. The van der Waals surface area contributed by atoms with Gasteiger partial charge in [-0.05, 0) is 48.9 Å². The molecule has 140 valence electrons. The van der Waals surface area contributed by atoms with Gasteiger partial charge in [0.2, 0.25) is 0 Å². The third kappa shape index (κ3) is 5.18. The molecule has 5 heteroatoms. The smallest absolute Gasteiger partial charge is 0.167 e. The number of anilines is 1. The second-order valence-corrected chi connectivity index (χ2v) is 7.49. The Bertz CT molecular complexity index is 913. The molecule has 0 aliphatic heterocycles. The number of nitrogens with one attached hydrogen (secondary N) is 1. The zero-order valence-electron chi connectivity index (χ0n) is 15.3. The molecule has 0 aromatic heterocycles. The molecule has 0 spiro atoms. The summed E-state index contributed by atoms with van der Waals surface area (Å²) in [5.74, 6) is 1.41. The Kier molecular flexibility index (Phi) is 6.64. The lowest BCUT2D eigenvalue weighted by molar-refractivity contribution is 0.281. The van der Waals surface area contributed by atoms with Crippen molar-refractivity contribution >= 4 is 33.2 Å². The van der Waals surface area contributed by atoms with E-state index in [2.05, 4.69) is 52.4 Å². The summed E-state index contributed by atoms with van der Waals surface area (Å²) in [6.45, 7) is 3.08. The lowest BCUT2D eigenvalue weighted by Crippen LogP contribution is -2.06. The van der Waals surface area contributed by atoms with Crippen LogP contribution in [0.2, 0.25) is 5.02 Å². The number of hydrogen-bond acceptors (Lipinski definition) is 3. The molecule has 0 aliphatic rings. The van der Waals surface area contributed by atoms with E-state index in [0.29, 0.717) is 29.7 Å². The van der Waals surface area contributed by atoms with Crippen molar-refractivity contribution in [1.29, 1.82) is 0 Å². The van der Waals surface area contributed by atoms with Crippen molar-refractivity contribution < 1.29 is 9.47 Å². The largest absolute Gasteiger partial charge is 0.493 e. The summed E-state index contributed by atoms with van der Waals surface area (Å²) >= 11 is 9.71. The van der Waals surface area contributed by atoms with Gasteiger partial charge >= 0.3 is 0 Å². The Balaban J connectivity index is 1.82. The Hall–Kier alpha value is -2.17. The van der Waals surface area contributed by atoms with Gasteiger partial charge in [0.25, 0.3) is 0 Å². The van der Waals surface area contributed by atoms with Gasteiger partial charge in [0.1, 0.15) is 6.61 Å². The predicted octanol–water partition coefficient (Wildman–Crippen LogP) is 6.61. The molecule has 0 bridgehead atoms. The van der Waals surface area contributed by atoms with E-state index in [1.54, 1.807) is 7.11 Å².